The quantitative estimate of drug-likeness (QED) is 0.881. The van der Waals surface area contributed by atoms with Gasteiger partial charge in [0.1, 0.15) is 5.76 Å². The van der Waals surface area contributed by atoms with Gasteiger partial charge >= 0.3 is 0 Å². The Morgan fingerprint density at radius 3 is 2.70 bits per heavy atom. The lowest BCUT2D eigenvalue weighted by atomic mass is 10.1. The number of hydrogen-bond acceptors (Lipinski definition) is 3. The fourth-order valence-corrected chi connectivity index (χ4v) is 3.23. The van der Waals surface area contributed by atoms with Crippen LogP contribution >= 0.6 is 11.6 Å². The van der Waals surface area contributed by atoms with Gasteiger partial charge in [-0.3, -0.25) is 9.69 Å². The highest BCUT2D eigenvalue weighted by atomic mass is 35.5. The summed E-state index contributed by atoms with van der Waals surface area (Å²) in [5.41, 5.74) is 0.849. The molecule has 1 N–H and O–H groups in total. The summed E-state index contributed by atoms with van der Waals surface area (Å²) in [7, 11) is 0. The lowest BCUT2D eigenvalue weighted by molar-refractivity contribution is -0.120. The van der Waals surface area contributed by atoms with E-state index in [0.29, 0.717) is 18.0 Å². The third-order valence-electron chi connectivity index (χ3n) is 4.25. The van der Waals surface area contributed by atoms with Crippen LogP contribution in [0.15, 0.2) is 47.1 Å². The van der Waals surface area contributed by atoms with Gasteiger partial charge in [0.25, 0.3) is 0 Å². The summed E-state index contributed by atoms with van der Waals surface area (Å²) >= 11 is 6.11. The number of carbonyl (C=O) groups is 1. The molecule has 1 fully saturated rings. The Bertz CT molecular complexity index is 636. The monoisotopic (exact) mass is 332 g/mol. The van der Waals surface area contributed by atoms with Crippen molar-refractivity contribution >= 4 is 17.5 Å². The molecule has 3 rings (SSSR count). The predicted molar refractivity (Wildman–Crippen MR) is 90.4 cm³/mol. The summed E-state index contributed by atoms with van der Waals surface area (Å²) in [6.45, 7) is 2.65. The van der Waals surface area contributed by atoms with Crippen molar-refractivity contribution in [3.8, 4) is 0 Å². The molecule has 122 valence electrons. The zero-order valence-electron chi connectivity index (χ0n) is 13.0. The van der Waals surface area contributed by atoms with E-state index < -0.39 is 0 Å². The fraction of sp³-hybridized carbons (Fsp3) is 0.389. The van der Waals surface area contributed by atoms with Crippen molar-refractivity contribution in [1.29, 1.82) is 0 Å². The van der Waals surface area contributed by atoms with Crippen LogP contribution in [0.2, 0.25) is 5.02 Å². The molecule has 1 aromatic heterocycles. The number of amides is 1. The first-order valence-electron chi connectivity index (χ1n) is 8.01. The number of likely N-dealkylation sites (tertiary alicyclic amines) is 1. The molecule has 5 heteroatoms. The van der Waals surface area contributed by atoms with Gasteiger partial charge in [-0.05, 0) is 49.7 Å². The molecule has 4 nitrogen and oxygen atoms in total. The highest BCUT2D eigenvalue weighted by Gasteiger charge is 2.25. The lowest BCUT2D eigenvalue weighted by Crippen LogP contribution is -2.37. The number of carbonyl (C=O) groups excluding carboxylic acids is 1. The maximum Gasteiger partial charge on any atom is 0.224 e. The SMILES string of the molecule is O=C(Cc1ccccc1Cl)NCC(c1ccco1)N1CCCC1. The van der Waals surface area contributed by atoms with E-state index in [-0.39, 0.29) is 11.9 Å². The third kappa shape index (κ3) is 4.15. The molecule has 0 aliphatic carbocycles. The van der Waals surface area contributed by atoms with Gasteiger partial charge in [0, 0.05) is 11.6 Å². The van der Waals surface area contributed by atoms with Crippen LogP contribution in [0.4, 0.5) is 0 Å². The summed E-state index contributed by atoms with van der Waals surface area (Å²) in [6.07, 6.45) is 4.38. The maximum absolute atomic E-state index is 12.2. The molecule has 2 aromatic rings. The van der Waals surface area contributed by atoms with E-state index in [1.807, 2.05) is 30.3 Å². The fourth-order valence-electron chi connectivity index (χ4n) is 3.03. The molecule has 0 saturated carbocycles. The Morgan fingerprint density at radius 2 is 2.00 bits per heavy atom. The summed E-state index contributed by atoms with van der Waals surface area (Å²) < 4.78 is 5.56. The van der Waals surface area contributed by atoms with Gasteiger partial charge in [-0.15, -0.1) is 0 Å². The Balaban J connectivity index is 1.60. The van der Waals surface area contributed by atoms with Gasteiger partial charge in [0.05, 0.1) is 18.7 Å². The first-order chi connectivity index (χ1) is 11.2. The molecular weight excluding hydrogens is 312 g/mol. The number of hydrogen-bond donors (Lipinski definition) is 1. The van der Waals surface area contributed by atoms with Gasteiger partial charge in [-0.25, -0.2) is 0 Å². The van der Waals surface area contributed by atoms with E-state index in [2.05, 4.69) is 10.2 Å². The predicted octanol–water partition coefficient (Wildman–Crippen LogP) is 3.43. The van der Waals surface area contributed by atoms with E-state index in [9.17, 15) is 4.79 Å². The molecule has 1 unspecified atom stereocenters. The summed E-state index contributed by atoms with van der Waals surface area (Å²) in [5.74, 6) is 0.888. The van der Waals surface area contributed by atoms with Gasteiger partial charge < -0.3 is 9.73 Å². The molecule has 0 bridgehead atoms. The molecule has 1 saturated heterocycles. The van der Waals surface area contributed by atoms with E-state index >= 15 is 0 Å². The molecule has 23 heavy (non-hydrogen) atoms. The van der Waals surface area contributed by atoms with Gasteiger partial charge in [0.2, 0.25) is 5.91 Å². The number of nitrogens with one attached hydrogen (secondary N) is 1. The van der Waals surface area contributed by atoms with Crippen molar-refractivity contribution in [1.82, 2.24) is 10.2 Å². The molecule has 1 atom stereocenters. The Morgan fingerprint density at radius 1 is 1.22 bits per heavy atom. The number of benzene rings is 1. The number of furan rings is 1. The van der Waals surface area contributed by atoms with Crippen LogP contribution in [0.3, 0.4) is 0 Å². The molecule has 1 aliphatic rings. The summed E-state index contributed by atoms with van der Waals surface area (Å²) in [5, 5.41) is 3.65. The number of nitrogens with zero attached hydrogens (tertiary/aromatic N) is 1. The second-order valence-corrected chi connectivity index (χ2v) is 6.25. The maximum atomic E-state index is 12.2. The lowest BCUT2D eigenvalue weighted by Gasteiger charge is -2.26. The zero-order chi connectivity index (χ0) is 16.1. The van der Waals surface area contributed by atoms with Gasteiger partial charge in [-0.2, -0.15) is 0 Å². The van der Waals surface area contributed by atoms with Crippen LogP contribution in [-0.4, -0.2) is 30.4 Å². The minimum atomic E-state index is -0.0196. The van der Waals surface area contributed by atoms with Crippen molar-refractivity contribution in [3.05, 3.63) is 59.0 Å². The largest absolute Gasteiger partial charge is 0.468 e. The minimum Gasteiger partial charge on any atom is -0.468 e. The van der Waals surface area contributed by atoms with Crippen molar-refractivity contribution in [3.63, 3.8) is 0 Å². The normalized spacial score (nSPS) is 16.4. The van der Waals surface area contributed by atoms with E-state index in [1.165, 1.54) is 12.8 Å². The smallest absolute Gasteiger partial charge is 0.224 e. The van der Waals surface area contributed by atoms with Crippen molar-refractivity contribution in [2.45, 2.75) is 25.3 Å². The first kappa shape index (κ1) is 16.1. The number of halogens is 1. The van der Waals surface area contributed by atoms with Crippen molar-refractivity contribution < 1.29 is 9.21 Å². The molecule has 1 aliphatic heterocycles. The number of rotatable bonds is 6. The van der Waals surface area contributed by atoms with Crippen molar-refractivity contribution in [2.24, 2.45) is 0 Å². The Kier molecular flexibility index (Phi) is 5.36. The molecule has 0 radical (unpaired) electrons. The molecule has 0 spiro atoms. The first-order valence-corrected chi connectivity index (χ1v) is 8.39. The van der Waals surface area contributed by atoms with E-state index in [1.54, 1.807) is 12.3 Å². The molecule has 2 heterocycles. The average molecular weight is 333 g/mol. The molecule has 1 amide bonds. The van der Waals surface area contributed by atoms with E-state index in [4.69, 9.17) is 16.0 Å². The van der Waals surface area contributed by atoms with Crippen LogP contribution in [0.5, 0.6) is 0 Å². The van der Waals surface area contributed by atoms with Crippen LogP contribution in [-0.2, 0) is 11.2 Å². The Labute approximate surface area is 141 Å². The topological polar surface area (TPSA) is 45.5 Å². The Hall–Kier alpha value is -1.78. The van der Waals surface area contributed by atoms with Crippen molar-refractivity contribution in [2.75, 3.05) is 19.6 Å². The third-order valence-corrected chi connectivity index (χ3v) is 4.62. The van der Waals surface area contributed by atoms with E-state index in [0.717, 1.165) is 24.4 Å². The summed E-state index contributed by atoms with van der Waals surface area (Å²) in [6, 6.07) is 11.4. The van der Waals surface area contributed by atoms with Crippen LogP contribution in [0, 0.1) is 0 Å². The molecular formula is C18H21ClN2O2. The zero-order valence-corrected chi connectivity index (χ0v) is 13.8. The minimum absolute atomic E-state index is 0.0196. The summed E-state index contributed by atoms with van der Waals surface area (Å²) in [4.78, 5) is 14.6. The second kappa shape index (κ2) is 7.66. The highest BCUT2D eigenvalue weighted by Crippen LogP contribution is 2.25. The van der Waals surface area contributed by atoms with Gasteiger partial charge in [0.15, 0.2) is 0 Å². The standard InChI is InChI=1S/C18H21ClN2O2/c19-15-7-2-1-6-14(15)12-18(22)20-13-16(17-8-5-11-23-17)21-9-3-4-10-21/h1-2,5-8,11,16H,3-4,9-10,12-13H2,(H,20,22). The van der Waals surface area contributed by atoms with Crippen LogP contribution in [0.1, 0.15) is 30.2 Å². The van der Waals surface area contributed by atoms with Crippen LogP contribution < -0.4 is 5.32 Å². The average Bonchev–Trinajstić information content (AvgIpc) is 3.23. The van der Waals surface area contributed by atoms with Gasteiger partial charge in [-0.1, -0.05) is 29.8 Å². The van der Waals surface area contributed by atoms with Crippen LogP contribution in [0.25, 0.3) is 0 Å². The molecule has 1 aromatic carbocycles. The second-order valence-electron chi connectivity index (χ2n) is 5.85. The highest BCUT2D eigenvalue weighted by molar-refractivity contribution is 6.31.